The predicted octanol–water partition coefficient (Wildman–Crippen LogP) is 1.24. The van der Waals surface area contributed by atoms with Crippen LogP contribution in [0.2, 0.25) is 0 Å². The molecule has 100 valence electrons. The van der Waals surface area contributed by atoms with Crippen LogP contribution in [0.15, 0.2) is 24.5 Å². The Labute approximate surface area is 109 Å². The molecule has 0 spiro atoms. The number of hydrogen-bond donors (Lipinski definition) is 3. The standard InChI is InChI=1S/C12H14N4O3/c1-8-6-16-7-9(2-3-10(16)14-8)15-12(19)13-5-4-11(17)18/h2-3,6-7H,4-5H2,1H3,(H,17,18)(H2,13,15,19). The minimum Gasteiger partial charge on any atom is -0.481 e. The molecule has 19 heavy (non-hydrogen) atoms. The molecule has 0 aromatic carbocycles. The van der Waals surface area contributed by atoms with Crippen molar-refractivity contribution in [2.75, 3.05) is 11.9 Å². The number of pyridine rings is 1. The summed E-state index contributed by atoms with van der Waals surface area (Å²) in [6.07, 6.45) is 3.49. The van der Waals surface area contributed by atoms with E-state index in [0.717, 1.165) is 11.3 Å². The summed E-state index contributed by atoms with van der Waals surface area (Å²) in [5.74, 6) is -0.949. The second kappa shape index (κ2) is 5.38. The lowest BCUT2D eigenvalue weighted by Gasteiger charge is -2.06. The molecule has 2 amide bonds. The predicted molar refractivity (Wildman–Crippen MR) is 69.2 cm³/mol. The number of carbonyl (C=O) groups is 2. The van der Waals surface area contributed by atoms with E-state index >= 15 is 0 Å². The van der Waals surface area contributed by atoms with E-state index in [9.17, 15) is 9.59 Å². The van der Waals surface area contributed by atoms with Crippen molar-refractivity contribution in [1.82, 2.24) is 14.7 Å². The average molecular weight is 262 g/mol. The van der Waals surface area contributed by atoms with Crippen LogP contribution in [0.4, 0.5) is 10.5 Å². The van der Waals surface area contributed by atoms with Crippen molar-refractivity contribution < 1.29 is 14.7 Å². The van der Waals surface area contributed by atoms with Gasteiger partial charge in [0.1, 0.15) is 5.65 Å². The molecule has 0 aliphatic heterocycles. The fraction of sp³-hybridized carbons (Fsp3) is 0.250. The van der Waals surface area contributed by atoms with Crippen LogP contribution < -0.4 is 10.6 Å². The normalized spacial score (nSPS) is 10.4. The van der Waals surface area contributed by atoms with Crippen LogP contribution in [-0.2, 0) is 4.79 Å². The molecule has 0 fully saturated rings. The second-order valence-electron chi connectivity index (χ2n) is 4.09. The van der Waals surface area contributed by atoms with Crippen molar-refractivity contribution in [3.8, 4) is 0 Å². The van der Waals surface area contributed by atoms with Gasteiger partial charge in [0.2, 0.25) is 0 Å². The van der Waals surface area contributed by atoms with Crippen molar-refractivity contribution in [3.05, 3.63) is 30.2 Å². The molecule has 7 heteroatoms. The first-order chi connectivity index (χ1) is 9.04. The number of amides is 2. The second-order valence-corrected chi connectivity index (χ2v) is 4.09. The van der Waals surface area contributed by atoms with E-state index in [-0.39, 0.29) is 13.0 Å². The lowest BCUT2D eigenvalue weighted by molar-refractivity contribution is -0.136. The molecule has 0 atom stereocenters. The lowest BCUT2D eigenvalue weighted by atomic mass is 10.4. The molecule has 7 nitrogen and oxygen atoms in total. The van der Waals surface area contributed by atoms with Crippen LogP contribution in [0, 0.1) is 6.92 Å². The van der Waals surface area contributed by atoms with E-state index in [4.69, 9.17) is 5.11 Å². The fourth-order valence-corrected chi connectivity index (χ4v) is 1.65. The maximum absolute atomic E-state index is 11.5. The maximum Gasteiger partial charge on any atom is 0.319 e. The highest BCUT2D eigenvalue weighted by Crippen LogP contribution is 2.11. The first kappa shape index (κ1) is 12.9. The smallest absolute Gasteiger partial charge is 0.319 e. The summed E-state index contributed by atoms with van der Waals surface area (Å²) in [7, 11) is 0. The minimum atomic E-state index is -0.949. The van der Waals surface area contributed by atoms with Gasteiger partial charge in [-0.25, -0.2) is 9.78 Å². The Kier molecular flexibility index (Phi) is 3.65. The zero-order chi connectivity index (χ0) is 13.8. The van der Waals surface area contributed by atoms with Gasteiger partial charge in [-0.15, -0.1) is 0 Å². The van der Waals surface area contributed by atoms with E-state index in [1.165, 1.54) is 0 Å². The van der Waals surface area contributed by atoms with Crippen molar-refractivity contribution >= 4 is 23.3 Å². The molecular formula is C12H14N4O3. The fourth-order valence-electron chi connectivity index (χ4n) is 1.65. The van der Waals surface area contributed by atoms with E-state index in [1.807, 2.05) is 17.5 Å². The number of nitrogens with one attached hydrogen (secondary N) is 2. The van der Waals surface area contributed by atoms with Crippen molar-refractivity contribution in [2.24, 2.45) is 0 Å². The third-order valence-corrected chi connectivity index (χ3v) is 2.45. The van der Waals surface area contributed by atoms with E-state index in [2.05, 4.69) is 15.6 Å². The summed E-state index contributed by atoms with van der Waals surface area (Å²) < 4.78 is 1.81. The van der Waals surface area contributed by atoms with Gasteiger partial charge in [-0.2, -0.15) is 0 Å². The van der Waals surface area contributed by atoms with Crippen LogP contribution >= 0.6 is 0 Å². The molecule has 2 heterocycles. The molecule has 0 radical (unpaired) electrons. The van der Waals surface area contributed by atoms with Gasteiger partial charge in [0.15, 0.2) is 0 Å². The Hall–Kier alpha value is -2.57. The van der Waals surface area contributed by atoms with E-state index in [1.54, 1.807) is 18.3 Å². The van der Waals surface area contributed by atoms with Crippen molar-refractivity contribution in [1.29, 1.82) is 0 Å². The monoisotopic (exact) mass is 262 g/mol. The Morgan fingerprint density at radius 1 is 1.37 bits per heavy atom. The summed E-state index contributed by atoms with van der Waals surface area (Å²) in [6.45, 7) is 1.98. The van der Waals surface area contributed by atoms with Gasteiger partial charge < -0.3 is 20.1 Å². The molecule has 3 N–H and O–H groups in total. The summed E-state index contributed by atoms with van der Waals surface area (Å²) in [6, 6.07) is 3.09. The zero-order valence-electron chi connectivity index (χ0n) is 10.4. The van der Waals surface area contributed by atoms with Crippen molar-refractivity contribution in [2.45, 2.75) is 13.3 Å². The summed E-state index contributed by atoms with van der Waals surface area (Å²) >= 11 is 0. The molecule has 0 unspecified atom stereocenters. The molecule has 0 saturated carbocycles. The van der Waals surface area contributed by atoms with Gasteiger partial charge in [0.25, 0.3) is 0 Å². The van der Waals surface area contributed by atoms with Crippen LogP contribution in [0.25, 0.3) is 5.65 Å². The summed E-state index contributed by atoms with van der Waals surface area (Å²) in [4.78, 5) is 26.1. The number of hydrogen-bond acceptors (Lipinski definition) is 3. The largest absolute Gasteiger partial charge is 0.481 e. The molecule has 2 aromatic heterocycles. The highest BCUT2D eigenvalue weighted by atomic mass is 16.4. The Balaban J connectivity index is 1.96. The highest BCUT2D eigenvalue weighted by molar-refractivity contribution is 5.89. The quantitative estimate of drug-likeness (QED) is 0.772. The van der Waals surface area contributed by atoms with Crippen LogP contribution in [0.5, 0.6) is 0 Å². The number of carboxylic acids is 1. The number of aliphatic carboxylic acids is 1. The number of rotatable bonds is 4. The highest BCUT2D eigenvalue weighted by Gasteiger charge is 2.04. The molecule has 0 aliphatic carbocycles. The maximum atomic E-state index is 11.5. The van der Waals surface area contributed by atoms with E-state index in [0.29, 0.717) is 5.69 Å². The third kappa shape index (κ3) is 3.44. The number of carboxylic acid groups (broad SMARTS) is 1. The van der Waals surface area contributed by atoms with Gasteiger partial charge in [-0.1, -0.05) is 0 Å². The molecule has 0 bridgehead atoms. The van der Waals surface area contributed by atoms with E-state index < -0.39 is 12.0 Å². The van der Waals surface area contributed by atoms with Crippen LogP contribution in [0.1, 0.15) is 12.1 Å². The van der Waals surface area contributed by atoms with Gasteiger partial charge >= 0.3 is 12.0 Å². The average Bonchev–Trinajstić information content (AvgIpc) is 2.67. The number of aryl methyl sites for hydroxylation is 1. The first-order valence-corrected chi connectivity index (χ1v) is 5.76. The lowest BCUT2D eigenvalue weighted by Crippen LogP contribution is -2.30. The molecule has 2 aromatic rings. The number of anilines is 1. The summed E-state index contributed by atoms with van der Waals surface area (Å²) in [5.41, 5.74) is 2.30. The number of nitrogens with zero attached hydrogens (tertiary/aromatic N) is 2. The topological polar surface area (TPSA) is 95.7 Å². The first-order valence-electron chi connectivity index (χ1n) is 5.76. The van der Waals surface area contributed by atoms with Crippen LogP contribution in [-0.4, -0.2) is 33.0 Å². The van der Waals surface area contributed by atoms with Gasteiger partial charge in [0.05, 0.1) is 17.8 Å². The Morgan fingerprint density at radius 3 is 2.89 bits per heavy atom. The summed E-state index contributed by atoms with van der Waals surface area (Å²) in [5, 5.41) is 13.5. The minimum absolute atomic E-state index is 0.0909. The SMILES string of the molecule is Cc1cn2cc(NC(=O)NCCC(=O)O)ccc2n1. The Bertz CT molecular complexity index is 620. The zero-order valence-corrected chi connectivity index (χ0v) is 10.4. The molecule has 0 saturated heterocycles. The van der Waals surface area contributed by atoms with Gasteiger partial charge in [0, 0.05) is 18.9 Å². The molecule has 2 rings (SSSR count). The third-order valence-electron chi connectivity index (χ3n) is 2.45. The number of imidazole rings is 1. The van der Waals surface area contributed by atoms with Gasteiger partial charge in [-0.05, 0) is 19.1 Å². The van der Waals surface area contributed by atoms with Crippen LogP contribution in [0.3, 0.4) is 0 Å². The van der Waals surface area contributed by atoms with Gasteiger partial charge in [-0.3, -0.25) is 4.79 Å². The Morgan fingerprint density at radius 2 is 2.16 bits per heavy atom. The molecular weight excluding hydrogens is 248 g/mol. The van der Waals surface area contributed by atoms with Crippen molar-refractivity contribution in [3.63, 3.8) is 0 Å². The number of aromatic nitrogens is 2. The number of fused-ring (bicyclic) bond motifs is 1. The number of urea groups is 1. The number of carbonyl (C=O) groups excluding carboxylic acids is 1. The molecule has 0 aliphatic rings.